The predicted molar refractivity (Wildman–Crippen MR) is 66.5 cm³/mol. The highest BCUT2D eigenvalue weighted by molar-refractivity contribution is 5.85. The molecule has 17 heavy (non-hydrogen) atoms. The second-order valence-electron chi connectivity index (χ2n) is 4.07. The maximum atomic E-state index is 5.89. The number of pyridine rings is 1. The molecule has 0 amide bonds. The highest BCUT2D eigenvalue weighted by atomic mass is 16.6. The van der Waals surface area contributed by atoms with Gasteiger partial charge in [-0.3, -0.25) is 0 Å². The van der Waals surface area contributed by atoms with Gasteiger partial charge >= 0.3 is 0 Å². The highest BCUT2D eigenvalue weighted by Gasteiger charge is 2.14. The molecule has 0 fully saturated rings. The average Bonchev–Trinajstić information content (AvgIpc) is 2.35. The van der Waals surface area contributed by atoms with Crippen molar-refractivity contribution in [3.05, 3.63) is 23.8 Å². The Bertz CT molecular complexity index is 581. The maximum absolute atomic E-state index is 5.89. The molecule has 2 aromatic rings. The number of hydrogen-bond acceptors (Lipinski definition) is 4. The molecule has 4 heteroatoms. The molecule has 2 heterocycles. The molecule has 0 unspecified atom stereocenters. The van der Waals surface area contributed by atoms with E-state index in [9.17, 15) is 0 Å². The molecule has 88 valence electrons. The van der Waals surface area contributed by atoms with Crippen molar-refractivity contribution in [3.8, 4) is 11.5 Å². The van der Waals surface area contributed by atoms with Crippen molar-refractivity contribution in [3.63, 3.8) is 0 Å². The van der Waals surface area contributed by atoms with Gasteiger partial charge in [0.15, 0.2) is 11.5 Å². The molecule has 1 aromatic heterocycles. The number of aromatic nitrogens is 1. The van der Waals surface area contributed by atoms with E-state index in [1.54, 1.807) is 0 Å². The number of hydrogen-bond donors (Lipinski definition) is 1. The lowest BCUT2D eigenvalue weighted by Gasteiger charge is -2.19. The van der Waals surface area contributed by atoms with Crippen LogP contribution in [0.15, 0.2) is 18.2 Å². The minimum absolute atomic E-state index is 0.584. The van der Waals surface area contributed by atoms with Gasteiger partial charge in [0.2, 0.25) is 0 Å². The standard InChI is InChI=1S/C13H14N2O2/c1-2-8-5-9-6-11-12(17-4-3-16-11)7-10(9)15-13(8)14/h5-7H,2-4H2,1H3,(H2,14,15). The van der Waals surface area contributed by atoms with Crippen molar-refractivity contribution in [1.82, 2.24) is 4.98 Å². The lowest BCUT2D eigenvalue weighted by atomic mass is 10.1. The Kier molecular flexibility index (Phi) is 2.28. The fraction of sp³-hybridized carbons (Fsp3) is 0.308. The van der Waals surface area contributed by atoms with E-state index in [-0.39, 0.29) is 0 Å². The van der Waals surface area contributed by atoms with Crippen LogP contribution in [0.4, 0.5) is 5.82 Å². The summed E-state index contributed by atoms with van der Waals surface area (Å²) in [4.78, 5) is 4.40. The fourth-order valence-corrected chi connectivity index (χ4v) is 2.05. The minimum Gasteiger partial charge on any atom is -0.486 e. The number of nitrogen functional groups attached to an aromatic ring is 1. The van der Waals surface area contributed by atoms with Crippen LogP contribution in [0.25, 0.3) is 10.9 Å². The van der Waals surface area contributed by atoms with E-state index in [1.807, 2.05) is 12.1 Å². The van der Waals surface area contributed by atoms with Crippen molar-refractivity contribution >= 4 is 16.7 Å². The molecular weight excluding hydrogens is 216 g/mol. The van der Waals surface area contributed by atoms with Crippen LogP contribution in [-0.2, 0) is 6.42 Å². The van der Waals surface area contributed by atoms with E-state index < -0.39 is 0 Å². The molecular formula is C13H14N2O2. The van der Waals surface area contributed by atoms with Gasteiger partial charge in [0, 0.05) is 11.5 Å². The number of ether oxygens (including phenoxy) is 2. The first-order chi connectivity index (χ1) is 8.28. The first kappa shape index (κ1) is 10.2. The molecule has 0 saturated carbocycles. The molecule has 0 atom stereocenters. The molecule has 3 rings (SSSR count). The summed E-state index contributed by atoms with van der Waals surface area (Å²) in [5.41, 5.74) is 7.80. The Morgan fingerprint density at radius 2 is 1.88 bits per heavy atom. The van der Waals surface area contributed by atoms with Crippen LogP contribution in [0, 0.1) is 0 Å². The van der Waals surface area contributed by atoms with Crippen LogP contribution < -0.4 is 15.2 Å². The summed E-state index contributed by atoms with van der Waals surface area (Å²) in [5, 5.41) is 1.04. The van der Waals surface area contributed by atoms with Crippen LogP contribution in [0.3, 0.4) is 0 Å². The lowest BCUT2D eigenvalue weighted by Crippen LogP contribution is -2.15. The smallest absolute Gasteiger partial charge is 0.163 e. The number of fused-ring (bicyclic) bond motifs is 2. The minimum atomic E-state index is 0.584. The summed E-state index contributed by atoms with van der Waals surface area (Å²) in [6.07, 6.45) is 0.878. The fourth-order valence-electron chi connectivity index (χ4n) is 2.05. The van der Waals surface area contributed by atoms with Crippen molar-refractivity contribution in [2.45, 2.75) is 13.3 Å². The number of rotatable bonds is 1. The van der Waals surface area contributed by atoms with Gasteiger partial charge in [-0.15, -0.1) is 0 Å². The zero-order valence-corrected chi connectivity index (χ0v) is 9.69. The molecule has 0 spiro atoms. The Morgan fingerprint density at radius 1 is 1.18 bits per heavy atom. The quantitative estimate of drug-likeness (QED) is 0.815. The third kappa shape index (κ3) is 1.65. The normalized spacial score (nSPS) is 13.9. The van der Waals surface area contributed by atoms with E-state index in [2.05, 4.69) is 18.0 Å². The average molecular weight is 230 g/mol. The molecule has 1 aromatic carbocycles. The number of nitrogens with two attached hydrogens (primary N) is 1. The van der Waals surface area contributed by atoms with Gasteiger partial charge in [0.1, 0.15) is 19.0 Å². The monoisotopic (exact) mass is 230 g/mol. The zero-order chi connectivity index (χ0) is 11.8. The molecule has 0 aliphatic carbocycles. The molecule has 0 bridgehead atoms. The Balaban J connectivity index is 2.23. The molecule has 1 aliphatic heterocycles. The van der Waals surface area contributed by atoms with E-state index in [0.29, 0.717) is 19.0 Å². The zero-order valence-electron chi connectivity index (χ0n) is 9.69. The van der Waals surface area contributed by atoms with Crippen molar-refractivity contribution in [1.29, 1.82) is 0 Å². The summed E-state index contributed by atoms with van der Waals surface area (Å²) in [6, 6.07) is 5.92. The topological polar surface area (TPSA) is 57.4 Å². The first-order valence-electron chi connectivity index (χ1n) is 5.76. The van der Waals surface area contributed by atoms with Crippen molar-refractivity contribution < 1.29 is 9.47 Å². The van der Waals surface area contributed by atoms with Gasteiger partial charge in [0.05, 0.1) is 5.52 Å². The molecule has 0 radical (unpaired) electrons. The van der Waals surface area contributed by atoms with Crippen molar-refractivity contribution in [2.75, 3.05) is 18.9 Å². The summed E-state index contributed by atoms with van der Waals surface area (Å²) in [7, 11) is 0. The first-order valence-corrected chi connectivity index (χ1v) is 5.76. The Hall–Kier alpha value is -1.97. The van der Waals surface area contributed by atoms with Crippen LogP contribution in [-0.4, -0.2) is 18.2 Å². The van der Waals surface area contributed by atoms with Crippen LogP contribution in [0.1, 0.15) is 12.5 Å². The summed E-state index contributed by atoms with van der Waals surface area (Å²) >= 11 is 0. The summed E-state index contributed by atoms with van der Waals surface area (Å²) in [6.45, 7) is 3.25. The van der Waals surface area contributed by atoms with Gasteiger partial charge in [-0.1, -0.05) is 6.92 Å². The van der Waals surface area contributed by atoms with Crippen LogP contribution in [0.5, 0.6) is 11.5 Å². The summed E-state index contributed by atoms with van der Waals surface area (Å²) < 4.78 is 11.1. The number of aryl methyl sites for hydroxylation is 1. The second-order valence-corrected chi connectivity index (χ2v) is 4.07. The third-order valence-electron chi connectivity index (χ3n) is 2.97. The van der Waals surface area contributed by atoms with Gasteiger partial charge < -0.3 is 15.2 Å². The molecule has 4 nitrogen and oxygen atoms in total. The van der Waals surface area contributed by atoms with E-state index >= 15 is 0 Å². The van der Waals surface area contributed by atoms with E-state index in [1.165, 1.54) is 0 Å². The number of anilines is 1. The SMILES string of the molecule is CCc1cc2cc3c(cc2nc1N)OCCO3. The predicted octanol–water partition coefficient (Wildman–Crippen LogP) is 2.15. The van der Waals surface area contributed by atoms with E-state index in [4.69, 9.17) is 15.2 Å². The lowest BCUT2D eigenvalue weighted by molar-refractivity contribution is 0.172. The Morgan fingerprint density at radius 3 is 2.59 bits per heavy atom. The Labute approximate surface area is 99.4 Å². The second kappa shape index (κ2) is 3.80. The van der Waals surface area contributed by atoms with Gasteiger partial charge in [0.25, 0.3) is 0 Å². The number of nitrogens with zero attached hydrogens (tertiary/aromatic N) is 1. The third-order valence-corrected chi connectivity index (χ3v) is 2.97. The number of benzene rings is 1. The van der Waals surface area contributed by atoms with Crippen LogP contribution >= 0.6 is 0 Å². The largest absolute Gasteiger partial charge is 0.486 e. The van der Waals surface area contributed by atoms with Gasteiger partial charge in [-0.25, -0.2) is 4.98 Å². The van der Waals surface area contributed by atoms with Crippen LogP contribution in [0.2, 0.25) is 0 Å². The summed E-state index contributed by atoms with van der Waals surface area (Å²) in [5.74, 6) is 2.13. The van der Waals surface area contributed by atoms with E-state index in [0.717, 1.165) is 34.4 Å². The molecule has 2 N–H and O–H groups in total. The molecule has 0 saturated heterocycles. The maximum Gasteiger partial charge on any atom is 0.163 e. The van der Waals surface area contributed by atoms with Crippen molar-refractivity contribution in [2.24, 2.45) is 0 Å². The van der Waals surface area contributed by atoms with Gasteiger partial charge in [-0.2, -0.15) is 0 Å². The van der Waals surface area contributed by atoms with Gasteiger partial charge in [-0.05, 0) is 24.1 Å². The highest BCUT2D eigenvalue weighted by Crippen LogP contribution is 2.34. The molecule has 1 aliphatic rings.